The predicted molar refractivity (Wildman–Crippen MR) is 44.1 cm³/mol. The molecule has 2 heteroatoms. The van der Waals surface area contributed by atoms with Gasteiger partial charge in [-0.15, -0.1) is 0 Å². The van der Waals surface area contributed by atoms with Crippen LogP contribution in [-0.4, -0.2) is 17.5 Å². The molecule has 0 aliphatic carbocycles. The van der Waals surface area contributed by atoms with E-state index in [1.165, 1.54) is 0 Å². The van der Waals surface area contributed by atoms with Crippen molar-refractivity contribution in [3.8, 4) is 0 Å². The molecule has 0 aliphatic rings. The van der Waals surface area contributed by atoms with Crippen molar-refractivity contribution in [1.29, 1.82) is 0 Å². The summed E-state index contributed by atoms with van der Waals surface area (Å²) in [6.45, 7) is 6.30. The van der Waals surface area contributed by atoms with Gasteiger partial charge in [-0.05, 0) is 20.3 Å². The summed E-state index contributed by atoms with van der Waals surface area (Å²) < 4.78 is 5.24. The highest BCUT2D eigenvalue weighted by molar-refractivity contribution is 9.09. The first-order valence-electron chi connectivity index (χ1n) is 3.23. The largest absolute Gasteiger partial charge is 0.378 e. The van der Waals surface area contributed by atoms with E-state index in [4.69, 9.17) is 4.74 Å². The second-order valence-corrected chi connectivity index (χ2v) is 3.79. The molecule has 0 saturated carbocycles. The van der Waals surface area contributed by atoms with E-state index in [9.17, 15) is 0 Å². The molecule has 0 amide bonds. The standard InChI is InChI=1S/C7H15BrO/c1-5-6(8)7(2,3)9-4/h6H,5H2,1-4H3. The van der Waals surface area contributed by atoms with Gasteiger partial charge in [0, 0.05) is 11.9 Å². The Hall–Kier alpha value is 0.440. The molecule has 0 aliphatic heterocycles. The first-order valence-corrected chi connectivity index (χ1v) is 4.15. The van der Waals surface area contributed by atoms with Gasteiger partial charge < -0.3 is 4.74 Å². The van der Waals surface area contributed by atoms with E-state index in [1.807, 2.05) is 0 Å². The second-order valence-electron chi connectivity index (χ2n) is 2.68. The molecule has 0 fully saturated rings. The third-order valence-corrected chi connectivity index (χ3v) is 3.39. The lowest BCUT2D eigenvalue weighted by molar-refractivity contribution is 0.0218. The molecule has 0 heterocycles. The molecule has 0 spiro atoms. The molecule has 0 aromatic rings. The number of alkyl halides is 1. The van der Waals surface area contributed by atoms with Gasteiger partial charge in [0.1, 0.15) is 0 Å². The summed E-state index contributed by atoms with van der Waals surface area (Å²) in [5.41, 5.74) is -0.0330. The summed E-state index contributed by atoms with van der Waals surface area (Å²) in [6.07, 6.45) is 1.10. The predicted octanol–water partition coefficient (Wildman–Crippen LogP) is 2.58. The molecular formula is C7H15BrO. The molecule has 0 aromatic heterocycles. The fourth-order valence-electron chi connectivity index (χ4n) is 0.619. The van der Waals surface area contributed by atoms with E-state index in [0.717, 1.165) is 6.42 Å². The Balaban J connectivity index is 3.80. The number of methoxy groups -OCH3 is 1. The van der Waals surface area contributed by atoms with E-state index < -0.39 is 0 Å². The smallest absolute Gasteiger partial charge is 0.0747 e. The van der Waals surface area contributed by atoms with Crippen LogP contribution in [-0.2, 0) is 4.74 Å². The minimum atomic E-state index is -0.0330. The van der Waals surface area contributed by atoms with Gasteiger partial charge in [0.25, 0.3) is 0 Å². The minimum Gasteiger partial charge on any atom is -0.378 e. The van der Waals surface area contributed by atoms with E-state index in [1.54, 1.807) is 7.11 Å². The van der Waals surface area contributed by atoms with E-state index >= 15 is 0 Å². The van der Waals surface area contributed by atoms with Crippen molar-refractivity contribution >= 4 is 15.9 Å². The fraction of sp³-hybridized carbons (Fsp3) is 1.00. The van der Waals surface area contributed by atoms with Crippen LogP contribution in [0.15, 0.2) is 0 Å². The van der Waals surface area contributed by atoms with E-state index in [-0.39, 0.29) is 5.60 Å². The average Bonchev–Trinajstić information content (AvgIpc) is 1.86. The quantitative estimate of drug-likeness (QED) is 0.629. The molecule has 1 nitrogen and oxygen atoms in total. The molecule has 0 aromatic carbocycles. The van der Waals surface area contributed by atoms with Crippen LogP contribution in [0, 0.1) is 0 Å². The molecule has 0 N–H and O–H groups in total. The van der Waals surface area contributed by atoms with Gasteiger partial charge >= 0.3 is 0 Å². The molecule has 0 bridgehead atoms. The Morgan fingerprint density at radius 1 is 1.56 bits per heavy atom. The van der Waals surface area contributed by atoms with Crippen LogP contribution in [0.2, 0.25) is 0 Å². The summed E-state index contributed by atoms with van der Waals surface area (Å²) in [7, 11) is 1.74. The van der Waals surface area contributed by atoms with Gasteiger partial charge in [-0.25, -0.2) is 0 Å². The van der Waals surface area contributed by atoms with Crippen molar-refractivity contribution in [3.63, 3.8) is 0 Å². The zero-order valence-electron chi connectivity index (χ0n) is 6.57. The first-order chi connectivity index (χ1) is 4.04. The van der Waals surface area contributed by atoms with Gasteiger partial charge in [-0.1, -0.05) is 22.9 Å². The topological polar surface area (TPSA) is 9.23 Å². The van der Waals surface area contributed by atoms with Gasteiger partial charge in [-0.3, -0.25) is 0 Å². The van der Waals surface area contributed by atoms with Gasteiger partial charge in [0.2, 0.25) is 0 Å². The third kappa shape index (κ3) is 2.67. The van der Waals surface area contributed by atoms with Crippen LogP contribution in [0.25, 0.3) is 0 Å². The van der Waals surface area contributed by atoms with Crippen molar-refractivity contribution in [2.75, 3.05) is 7.11 Å². The number of hydrogen-bond donors (Lipinski definition) is 0. The molecule has 0 saturated heterocycles. The highest BCUT2D eigenvalue weighted by atomic mass is 79.9. The van der Waals surface area contributed by atoms with Crippen LogP contribution >= 0.6 is 15.9 Å². The van der Waals surface area contributed by atoms with Crippen LogP contribution in [0.1, 0.15) is 27.2 Å². The maximum absolute atomic E-state index is 5.24. The molecule has 1 atom stereocenters. The SMILES string of the molecule is CCC(Br)C(C)(C)OC. The Kier molecular flexibility index (Phi) is 3.74. The maximum atomic E-state index is 5.24. The van der Waals surface area contributed by atoms with E-state index in [2.05, 4.69) is 36.7 Å². The van der Waals surface area contributed by atoms with Crippen molar-refractivity contribution in [2.45, 2.75) is 37.6 Å². The van der Waals surface area contributed by atoms with Gasteiger partial charge in [0.15, 0.2) is 0 Å². The highest BCUT2D eigenvalue weighted by Crippen LogP contribution is 2.23. The van der Waals surface area contributed by atoms with Crippen molar-refractivity contribution in [1.82, 2.24) is 0 Å². The third-order valence-electron chi connectivity index (χ3n) is 1.64. The number of rotatable bonds is 3. The van der Waals surface area contributed by atoms with Crippen molar-refractivity contribution in [2.24, 2.45) is 0 Å². The second kappa shape index (κ2) is 3.57. The molecule has 0 rings (SSSR count). The Bertz CT molecular complexity index is 81.0. The fourth-order valence-corrected chi connectivity index (χ4v) is 0.806. The lowest BCUT2D eigenvalue weighted by atomic mass is 10.0. The summed E-state index contributed by atoms with van der Waals surface area (Å²) >= 11 is 3.53. The molecule has 1 unspecified atom stereocenters. The van der Waals surface area contributed by atoms with E-state index in [0.29, 0.717) is 4.83 Å². The molecule has 0 radical (unpaired) electrons. The summed E-state index contributed by atoms with van der Waals surface area (Å²) in [6, 6.07) is 0. The van der Waals surface area contributed by atoms with Crippen LogP contribution in [0.3, 0.4) is 0 Å². The lowest BCUT2D eigenvalue weighted by Gasteiger charge is -2.27. The Labute approximate surface area is 65.9 Å². The number of hydrogen-bond acceptors (Lipinski definition) is 1. The van der Waals surface area contributed by atoms with Crippen LogP contribution < -0.4 is 0 Å². The average molecular weight is 195 g/mol. The summed E-state index contributed by atoms with van der Waals surface area (Å²) in [5.74, 6) is 0. The Morgan fingerprint density at radius 3 is 2.11 bits per heavy atom. The zero-order valence-corrected chi connectivity index (χ0v) is 8.16. The molecule has 9 heavy (non-hydrogen) atoms. The number of ether oxygens (including phenoxy) is 1. The summed E-state index contributed by atoms with van der Waals surface area (Å²) in [4.78, 5) is 0.454. The molecular weight excluding hydrogens is 180 g/mol. The first kappa shape index (κ1) is 9.44. The van der Waals surface area contributed by atoms with Crippen LogP contribution in [0.5, 0.6) is 0 Å². The lowest BCUT2D eigenvalue weighted by Crippen LogP contribution is -2.33. The van der Waals surface area contributed by atoms with Gasteiger partial charge in [0.05, 0.1) is 5.60 Å². The Morgan fingerprint density at radius 2 is 2.00 bits per heavy atom. The summed E-state index contributed by atoms with van der Waals surface area (Å²) in [5, 5.41) is 0. The normalized spacial score (nSPS) is 15.7. The monoisotopic (exact) mass is 194 g/mol. The number of halogens is 1. The van der Waals surface area contributed by atoms with Gasteiger partial charge in [-0.2, -0.15) is 0 Å². The zero-order chi connectivity index (χ0) is 7.49. The molecule has 56 valence electrons. The van der Waals surface area contributed by atoms with Crippen molar-refractivity contribution < 1.29 is 4.74 Å². The van der Waals surface area contributed by atoms with Crippen molar-refractivity contribution in [3.05, 3.63) is 0 Å². The maximum Gasteiger partial charge on any atom is 0.0747 e. The van der Waals surface area contributed by atoms with Crippen LogP contribution in [0.4, 0.5) is 0 Å². The highest BCUT2D eigenvalue weighted by Gasteiger charge is 2.24. The minimum absolute atomic E-state index is 0.0330.